The first-order chi connectivity index (χ1) is 14.6. The Bertz CT molecular complexity index is 665. The van der Waals surface area contributed by atoms with Gasteiger partial charge < -0.3 is 15.0 Å². The Morgan fingerprint density at radius 3 is 2.53 bits per heavy atom. The molecule has 1 aromatic rings. The molecule has 1 aromatic carbocycles. The smallest absolute Gasteiger partial charge is 0.219 e. The molecule has 0 aromatic heterocycles. The summed E-state index contributed by atoms with van der Waals surface area (Å²) in [7, 11) is 1.74. The molecule has 1 saturated carbocycles. The number of nitrogens with zero attached hydrogens (tertiary/aromatic N) is 1. The summed E-state index contributed by atoms with van der Waals surface area (Å²) in [6.45, 7) is 5.66. The maximum atomic E-state index is 11.6. The Morgan fingerprint density at radius 1 is 1.13 bits per heavy atom. The van der Waals surface area contributed by atoms with Crippen LogP contribution in [0.3, 0.4) is 0 Å². The van der Waals surface area contributed by atoms with Gasteiger partial charge in [-0.1, -0.05) is 22.9 Å². The molecular formula is C25H39BrN2O2. The Labute approximate surface area is 191 Å². The van der Waals surface area contributed by atoms with Crippen LogP contribution in [0.15, 0.2) is 22.7 Å². The van der Waals surface area contributed by atoms with Gasteiger partial charge in [-0.2, -0.15) is 0 Å². The molecule has 4 nitrogen and oxygen atoms in total. The van der Waals surface area contributed by atoms with Crippen molar-refractivity contribution in [1.29, 1.82) is 0 Å². The zero-order valence-electron chi connectivity index (χ0n) is 18.8. The van der Waals surface area contributed by atoms with E-state index < -0.39 is 0 Å². The number of nitrogens with one attached hydrogen (secondary N) is 1. The van der Waals surface area contributed by atoms with Gasteiger partial charge in [0.15, 0.2) is 0 Å². The van der Waals surface area contributed by atoms with Crippen LogP contribution in [-0.2, 0) is 11.2 Å². The van der Waals surface area contributed by atoms with Gasteiger partial charge in [-0.15, -0.1) is 0 Å². The van der Waals surface area contributed by atoms with Crippen LogP contribution >= 0.6 is 15.9 Å². The molecule has 168 valence electrons. The van der Waals surface area contributed by atoms with Crippen molar-refractivity contribution in [3.8, 4) is 5.75 Å². The molecule has 1 N–H and O–H groups in total. The van der Waals surface area contributed by atoms with Gasteiger partial charge in [0.2, 0.25) is 5.91 Å². The van der Waals surface area contributed by atoms with E-state index in [1.165, 1.54) is 81.0 Å². The Hall–Kier alpha value is -1.07. The summed E-state index contributed by atoms with van der Waals surface area (Å²) in [5, 5.41) is 3.17. The maximum Gasteiger partial charge on any atom is 0.219 e. The number of likely N-dealkylation sites (tertiary alicyclic amines) is 1. The molecule has 5 heteroatoms. The second-order valence-corrected chi connectivity index (χ2v) is 10.1. The molecule has 1 heterocycles. The van der Waals surface area contributed by atoms with E-state index >= 15 is 0 Å². The van der Waals surface area contributed by atoms with Crippen LogP contribution in [0.1, 0.15) is 70.3 Å². The first kappa shape index (κ1) is 23.6. The lowest BCUT2D eigenvalue weighted by Crippen LogP contribution is -2.37. The van der Waals surface area contributed by atoms with E-state index in [0.29, 0.717) is 12.5 Å². The molecule has 0 atom stereocenters. The molecule has 1 aliphatic carbocycles. The summed E-state index contributed by atoms with van der Waals surface area (Å²) in [6.07, 6.45) is 11.9. The summed E-state index contributed by atoms with van der Waals surface area (Å²) in [5.74, 6) is 2.80. The SMILES string of the molecule is CCC(=O)NC1CCC(CCCN2CCC(Cc3cc(OC)ccc3Br)CC2)CC1. The van der Waals surface area contributed by atoms with Crippen molar-refractivity contribution < 1.29 is 9.53 Å². The monoisotopic (exact) mass is 478 g/mol. The van der Waals surface area contributed by atoms with Crippen LogP contribution in [0.2, 0.25) is 0 Å². The fraction of sp³-hybridized carbons (Fsp3) is 0.720. The molecule has 3 rings (SSSR count). The van der Waals surface area contributed by atoms with Crippen LogP contribution in [0, 0.1) is 11.8 Å². The summed E-state index contributed by atoms with van der Waals surface area (Å²) < 4.78 is 6.59. The highest BCUT2D eigenvalue weighted by atomic mass is 79.9. The second-order valence-electron chi connectivity index (χ2n) is 9.23. The third kappa shape index (κ3) is 7.26. The Kier molecular flexibility index (Phi) is 9.51. The van der Waals surface area contributed by atoms with Crippen LogP contribution < -0.4 is 10.1 Å². The molecule has 1 saturated heterocycles. The van der Waals surface area contributed by atoms with Crippen LogP contribution in [0.4, 0.5) is 0 Å². The molecule has 30 heavy (non-hydrogen) atoms. The van der Waals surface area contributed by atoms with Gasteiger partial charge in [-0.25, -0.2) is 0 Å². The molecule has 1 amide bonds. The van der Waals surface area contributed by atoms with Gasteiger partial charge in [0.25, 0.3) is 0 Å². The number of halogens is 1. The van der Waals surface area contributed by atoms with Crippen molar-refractivity contribution in [1.82, 2.24) is 10.2 Å². The van der Waals surface area contributed by atoms with E-state index in [2.05, 4.69) is 38.3 Å². The first-order valence-electron chi connectivity index (χ1n) is 11.9. The lowest BCUT2D eigenvalue weighted by molar-refractivity contribution is -0.121. The number of hydrogen-bond donors (Lipinski definition) is 1. The van der Waals surface area contributed by atoms with Crippen molar-refractivity contribution in [3.63, 3.8) is 0 Å². The molecule has 0 radical (unpaired) electrons. The third-order valence-corrected chi connectivity index (χ3v) is 7.86. The van der Waals surface area contributed by atoms with Crippen LogP contribution in [-0.4, -0.2) is 43.6 Å². The van der Waals surface area contributed by atoms with Gasteiger partial charge in [0, 0.05) is 16.9 Å². The number of hydrogen-bond acceptors (Lipinski definition) is 3. The van der Waals surface area contributed by atoms with Crippen LogP contribution in [0.5, 0.6) is 5.75 Å². The van der Waals surface area contributed by atoms with Crippen LogP contribution in [0.25, 0.3) is 0 Å². The molecule has 2 aliphatic rings. The summed E-state index contributed by atoms with van der Waals surface area (Å²) >= 11 is 3.70. The fourth-order valence-corrected chi connectivity index (χ4v) is 5.50. The molecular weight excluding hydrogens is 440 g/mol. The van der Waals surface area contributed by atoms with E-state index in [0.717, 1.165) is 24.0 Å². The van der Waals surface area contributed by atoms with E-state index in [-0.39, 0.29) is 5.91 Å². The van der Waals surface area contributed by atoms with Crippen molar-refractivity contribution in [2.24, 2.45) is 11.8 Å². The zero-order valence-corrected chi connectivity index (χ0v) is 20.4. The quantitative estimate of drug-likeness (QED) is 0.503. The third-order valence-electron chi connectivity index (χ3n) is 7.09. The van der Waals surface area contributed by atoms with Crippen molar-refractivity contribution >= 4 is 21.8 Å². The van der Waals surface area contributed by atoms with E-state index in [1.54, 1.807) is 7.11 Å². The molecule has 0 unspecified atom stereocenters. The van der Waals surface area contributed by atoms with E-state index in [9.17, 15) is 4.79 Å². The number of carbonyl (C=O) groups is 1. The number of rotatable bonds is 9. The zero-order chi connectivity index (χ0) is 21.3. The van der Waals surface area contributed by atoms with Gasteiger partial charge in [0.05, 0.1) is 7.11 Å². The predicted octanol–water partition coefficient (Wildman–Crippen LogP) is 5.58. The summed E-state index contributed by atoms with van der Waals surface area (Å²) in [5.41, 5.74) is 1.37. The highest BCUT2D eigenvalue weighted by molar-refractivity contribution is 9.10. The standard InChI is InChI=1S/C25H39BrN2O2/c1-3-25(29)27-22-8-6-19(7-9-22)5-4-14-28-15-12-20(13-16-28)17-21-18-23(30-2)10-11-24(21)26/h10-11,18-20,22H,3-9,12-17H2,1-2H3,(H,27,29). The molecule has 0 spiro atoms. The highest BCUT2D eigenvalue weighted by Gasteiger charge is 2.23. The lowest BCUT2D eigenvalue weighted by atomic mass is 9.83. The highest BCUT2D eigenvalue weighted by Crippen LogP contribution is 2.30. The maximum absolute atomic E-state index is 11.6. The molecule has 1 aliphatic heterocycles. The van der Waals surface area contributed by atoms with E-state index in [1.807, 2.05) is 13.0 Å². The molecule has 0 bridgehead atoms. The van der Waals surface area contributed by atoms with Crippen molar-refractivity contribution in [2.75, 3.05) is 26.7 Å². The minimum atomic E-state index is 0.209. The van der Waals surface area contributed by atoms with Crippen molar-refractivity contribution in [2.45, 2.75) is 77.2 Å². The number of carbonyl (C=O) groups excluding carboxylic acids is 1. The van der Waals surface area contributed by atoms with E-state index in [4.69, 9.17) is 4.74 Å². The summed E-state index contributed by atoms with van der Waals surface area (Å²) in [6, 6.07) is 6.73. The van der Waals surface area contributed by atoms with Gasteiger partial charge in [0.1, 0.15) is 5.75 Å². The largest absolute Gasteiger partial charge is 0.497 e. The van der Waals surface area contributed by atoms with Crippen molar-refractivity contribution in [3.05, 3.63) is 28.2 Å². The summed E-state index contributed by atoms with van der Waals surface area (Å²) in [4.78, 5) is 14.2. The topological polar surface area (TPSA) is 41.6 Å². The number of ether oxygens (including phenoxy) is 1. The number of piperidine rings is 1. The number of amides is 1. The minimum absolute atomic E-state index is 0.209. The fourth-order valence-electron chi connectivity index (χ4n) is 5.09. The van der Waals surface area contributed by atoms with Gasteiger partial charge in [-0.05, 0) is 113 Å². The number of methoxy groups -OCH3 is 1. The average molecular weight is 480 g/mol. The van der Waals surface area contributed by atoms with Gasteiger partial charge >= 0.3 is 0 Å². The normalized spacial score (nSPS) is 23.3. The predicted molar refractivity (Wildman–Crippen MR) is 127 cm³/mol. The lowest BCUT2D eigenvalue weighted by Gasteiger charge is -2.33. The minimum Gasteiger partial charge on any atom is -0.497 e. The Morgan fingerprint density at radius 2 is 1.87 bits per heavy atom. The van der Waals surface area contributed by atoms with Gasteiger partial charge in [-0.3, -0.25) is 4.79 Å². The molecule has 2 fully saturated rings. The number of benzene rings is 1. The first-order valence-corrected chi connectivity index (χ1v) is 12.7. The average Bonchev–Trinajstić information content (AvgIpc) is 2.77. The Balaban J connectivity index is 1.30. The second kappa shape index (κ2) is 12.1.